The first kappa shape index (κ1) is 10.3. The first-order valence-corrected chi connectivity index (χ1v) is 4.76. The molecule has 0 spiro atoms. The van der Waals surface area contributed by atoms with Crippen LogP contribution in [0.25, 0.3) is 0 Å². The fraction of sp³-hybridized carbons (Fsp3) is 0.200. The van der Waals surface area contributed by atoms with Crippen LogP contribution in [0.3, 0.4) is 0 Å². The summed E-state index contributed by atoms with van der Waals surface area (Å²) in [4.78, 5) is 7.87. The Morgan fingerprint density at radius 2 is 2.44 bits per heavy atom. The maximum absolute atomic E-state index is 8.64. The first-order chi connectivity index (χ1) is 7.85. The molecule has 2 rings (SSSR count). The zero-order chi connectivity index (χ0) is 11.4. The Balaban J connectivity index is 2.34. The molecule has 2 aromatic heterocycles. The summed E-state index contributed by atoms with van der Waals surface area (Å²) in [7, 11) is 0. The van der Waals surface area contributed by atoms with E-state index >= 15 is 0 Å². The quantitative estimate of drug-likeness (QED) is 0.781. The van der Waals surface area contributed by atoms with Crippen LogP contribution in [0.1, 0.15) is 17.4 Å². The van der Waals surface area contributed by atoms with Crippen LogP contribution in [-0.2, 0) is 0 Å². The SMILES string of the molecule is N#Cc1ncn(C(CN)c2cccnc2)n1. The summed E-state index contributed by atoms with van der Waals surface area (Å²) >= 11 is 0. The minimum Gasteiger partial charge on any atom is -0.328 e. The number of aromatic nitrogens is 4. The Hall–Kier alpha value is -2.26. The Morgan fingerprint density at radius 3 is 3.00 bits per heavy atom. The van der Waals surface area contributed by atoms with Crippen molar-refractivity contribution in [2.45, 2.75) is 6.04 Å². The largest absolute Gasteiger partial charge is 0.328 e. The molecule has 2 aromatic rings. The molecule has 6 heteroatoms. The molecule has 0 saturated carbocycles. The molecule has 0 bridgehead atoms. The number of nitriles is 1. The second-order valence-electron chi connectivity index (χ2n) is 3.20. The summed E-state index contributed by atoms with van der Waals surface area (Å²) in [6.45, 7) is 0.375. The van der Waals surface area contributed by atoms with Crippen LogP contribution in [0.2, 0.25) is 0 Å². The van der Waals surface area contributed by atoms with E-state index in [-0.39, 0.29) is 11.9 Å². The first-order valence-electron chi connectivity index (χ1n) is 4.76. The number of pyridine rings is 1. The highest BCUT2D eigenvalue weighted by atomic mass is 15.3. The summed E-state index contributed by atoms with van der Waals surface area (Å²) in [6.07, 6.45) is 4.92. The monoisotopic (exact) mass is 214 g/mol. The average Bonchev–Trinajstić information content (AvgIpc) is 2.80. The summed E-state index contributed by atoms with van der Waals surface area (Å²) in [5.74, 6) is 0.141. The Labute approximate surface area is 92.4 Å². The number of rotatable bonds is 3. The summed E-state index contributed by atoms with van der Waals surface area (Å²) in [5, 5.41) is 12.7. The lowest BCUT2D eigenvalue weighted by molar-refractivity contribution is 0.528. The number of hydrogen-bond acceptors (Lipinski definition) is 5. The minimum absolute atomic E-state index is 0.136. The molecule has 0 fully saturated rings. The van der Waals surface area contributed by atoms with Gasteiger partial charge < -0.3 is 5.73 Å². The summed E-state index contributed by atoms with van der Waals surface area (Å²) in [6, 6.07) is 5.49. The molecule has 0 amide bonds. The zero-order valence-corrected chi connectivity index (χ0v) is 8.48. The van der Waals surface area contributed by atoms with Gasteiger partial charge in [0.05, 0.1) is 6.04 Å². The molecule has 0 aromatic carbocycles. The third kappa shape index (κ3) is 1.89. The van der Waals surface area contributed by atoms with Crippen molar-refractivity contribution in [1.82, 2.24) is 19.7 Å². The van der Waals surface area contributed by atoms with Crippen LogP contribution < -0.4 is 5.73 Å². The lowest BCUT2D eigenvalue weighted by Gasteiger charge is -2.14. The fourth-order valence-electron chi connectivity index (χ4n) is 1.45. The fourth-order valence-corrected chi connectivity index (χ4v) is 1.45. The predicted molar refractivity (Wildman–Crippen MR) is 56.2 cm³/mol. The van der Waals surface area contributed by atoms with Crippen molar-refractivity contribution in [3.8, 4) is 6.07 Å². The standard InChI is InChI=1S/C10H10N6/c11-4-9(8-2-1-3-13-6-8)16-7-14-10(5-12)15-16/h1-3,6-7,9H,4,11H2. The average molecular weight is 214 g/mol. The highest BCUT2D eigenvalue weighted by molar-refractivity contribution is 5.16. The van der Waals surface area contributed by atoms with Gasteiger partial charge in [-0.2, -0.15) is 5.26 Å². The third-order valence-electron chi connectivity index (χ3n) is 2.22. The molecule has 0 aliphatic rings. The van der Waals surface area contributed by atoms with Gasteiger partial charge in [0.15, 0.2) is 0 Å². The molecular formula is C10H10N6. The van der Waals surface area contributed by atoms with E-state index in [9.17, 15) is 0 Å². The minimum atomic E-state index is -0.136. The van der Waals surface area contributed by atoms with Gasteiger partial charge in [-0.05, 0) is 11.6 Å². The van der Waals surface area contributed by atoms with Gasteiger partial charge in [-0.3, -0.25) is 4.98 Å². The van der Waals surface area contributed by atoms with Gasteiger partial charge in [-0.25, -0.2) is 9.67 Å². The maximum Gasteiger partial charge on any atom is 0.252 e. The lowest BCUT2D eigenvalue weighted by Crippen LogP contribution is -2.21. The Morgan fingerprint density at radius 1 is 1.56 bits per heavy atom. The normalized spacial score (nSPS) is 12.0. The van der Waals surface area contributed by atoms with E-state index < -0.39 is 0 Å². The predicted octanol–water partition coefficient (Wildman–Crippen LogP) is 0.0929. The highest BCUT2D eigenvalue weighted by Gasteiger charge is 2.13. The van der Waals surface area contributed by atoms with Crippen molar-refractivity contribution in [3.05, 3.63) is 42.2 Å². The van der Waals surface area contributed by atoms with Gasteiger partial charge in [-0.15, -0.1) is 5.10 Å². The van der Waals surface area contributed by atoms with Gasteiger partial charge in [0, 0.05) is 18.9 Å². The second-order valence-corrected chi connectivity index (χ2v) is 3.20. The molecule has 0 saturated heterocycles. The molecule has 0 radical (unpaired) electrons. The number of nitrogens with two attached hydrogens (primary N) is 1. The molecular weight excluding hydrogens is 204 g/mol. The van der Waals surface area contributed by atoms with E-state index in [0.717, 1.165) is 5.56 Å². The molecule has 80 valence electrons. The van der Waals surface area contributed by atoms with Crippen LogP contribution in [-0.4, -0.2) is 26.3 Å². The third-order valence-corrected chi connectivity index (χ3v) is 2.22. The van der Waals surface area contributed by atoms with E-state index in [0.29, 0.717) is 6.54 Å². The van der Waals surface area contributed by atoms with Crippen LogP contribution in [0.4, 0.5) is 0 Å². The number of nitrogens with zero attached hydrogens (tertiary/aromatic N) is 5. The van der Waals surface area contributed by atoms with E-state index in [4.69, 9.17) is 11.0 Å². The van der Waals surface area contributed by atoms with Crippen molar-refractivity contribution >= 4 is 0 Å². The van der Waals surface area contributed by atoms with Crippen molar-refractivity contribution in [2.75, 3.05) is 6.54 Å². The molecule has 2 N–H and O–H groups in total. The zero-order valence-electron chi connectivity index (χ0n) is 8.48. The van der Waals surface area contributed by atoms with Crippen molar-refractivity contribution in [1.29, 1.82) is 5.26 Å². The van der Waals surface area contributed by atoms with E-state index in [1.54, 1.807) is 17.1 Å². The van der Waals surface area contributed by atoms with E-state index in [1.165, 1.54) is 6.33 Å². The smallest absolute Gasteiger partial charge is 0.252 e. The van der Waals surface area contributed by atoms with Crippen LogP contribution in [0, 0.1) is 11.3 Å². The van der Waals surface area contributed by atoms with Crippen LogP contribution in [0.15, 0.2) is 30.9 Å². The molecule has 16 heavy (non-hydrogen) atoms. The van der Waals surface area contributed by atoms with Crippen molar-refractivity contribution in [2.24, 2.45) is 5.73 Å². The van der Waals surface area contributed by atoms with Gasteiger partial charge in [0.25, 0.3) is 5.82 Å². The topological polar surface area (TPSA) is 93.4 Å². The lowest BCUT2D eigenvalue weighted by atomic mass is 10.1. The van der Waals surface area contributed by atoms with Gasteiger partial charge in [0.1, 0.15) is 12.4 Å². The molecule has 0 aliphatic carbocycles. The van der Waals surface area contributed by atoms with Gasteiger partial charge in [-0.1, -0.05) is 6.07 Å². The molecule has 2 heterocycles. The van der Waals surface area contributed by atoms with Crippen molar-refractivity contribution in [3.63, 3.8) is 0 Å². The van der Waals surface area contributed by atoms with Crippen LogP contribution >= 0.6 is 0 Å². The van der Waals surface area contributed by atoms with E-state index in [2.05, 4.69) is 15.1 Å². The van der Waals surface area contributed by atoms with Gasteiger partial charge >= 0.3 is 0 Å². The Kier molecular flexibility index (Phi) is 2.89. The highest BCUT2D eigenvalue weighted by Crippen LogP contribution is 2.14. The molecule has 6 nitrogen and oxygen atoms in total. The van der Waals surface area contributed by atoms with Crippen molar-refractivity contribution < 1.29 is 0 Å². The maximum atomic E-state index is 8.64. The Bertz CT molecular complexity index is 498. The number of hydrogen-bond donors (Lipinski definition) is 1. The summed E-state index contributed by atoms with van der Waals surface area (Å²) in [5.41, 5.74) is 6.63. The molecule has 0 aliphatic heterocycles. The summed E-state index contributed by atoms with van der Waals surface area (Å²) < 4.78 is 1.58. The van der Waals surface area contributed by atoms with Crippen LogP contribution in [0.5, 0.6) is 0 Å². The van der Waals surface area contributed by atoms with E-state index in [1.807, 2.05) is 18.2 Å². The van der Waals surface area contributed by atoms with Gasteiger partial charge in [0.2, 0.25) is 0 Å². The second kappa shape index (κ2) is 4.51. The molecule has 1 atom stereocenters. The molecule has 1 unspecified atom stereocenters.